The van der Waals surface area contributed by atoms with Gasteiger partial charge in [-0.1, -0.05) is 11.8 Å². The summed E-state index contributed by atoms with van der Waals surface area (Å²) in [7, 11) is 0. The van der Waals surface area contributed by atoms with E-state index in [-0.39, 0.29) is 0 Å². The van der Waals surface area contributed by atoms with Crippen LogP contribution in [0.15, 0.2) is 24.3 Å². The Balaban J connectivity index is 2.86. The fourth-order valence-corrected chi connectivity index (χ4v) is 0.888. The molecule has 4 nitrogen and oxygen atoms in total. The van der Waals surface area contributed by atoms with Gasteiger partial charge in [0, 0.05) is 23.0 Å². The van der Waals surface area contributed by atoms with E-state index in [0.717, 1.165) is 0 Å². The molecule has 0 heterocycles. The van der Waals surface area contributed by atoms with Crippen LogP contribution in [0.25, 0.3) is 0 Å². The van der Waals surface area contributed by atoms with Gasteiger partial charge in [-0.25, -0.2) is 9.59 Å². The topological polar surface area (TPSA) is 74.6 Å². The first kappa shape index (κ1) is 11.4. The monoisotopic (exact) mass is 214 g/mol. The molecule has 0 unspecified atom stereocenters. The average Bonchev–Trinajstić information content (AvgIpc) is 2.25. The average molecular weight is 214 g/mol. The summed E-state index contributed by atoms with van der Waals surface area (Å²) >= 11 is 0. The zero-order chi connectivity index (χ0) is 12.0. The highest BCUT2D eigenvalue weighted by Gasteiger charge is 1.90. The zero-order valence-electron chi connectivity index (χ0n) is 8.02. The molecule has 0 saturated carbocycles. The molecule has 0 aliphatic rings. The molecule has 1 aromatic rings. The van der Waals surface area contributed by atoms with Gasteiger partial charge in [0.2, 0.25) is 0 Å². The maximum absolute atomic E-state index is 10.2. The molecule has 1 rings (SSSR count). The molecule has 0 bridgehead atoms. The van der Waals surface area contributed by atoms with Crippen LogP contribution in [0.1, 0.15) is 11.1 Å². The predicted octanol–water partition coefficient (Wildman–Crippen LogP) is 0.559. The van der Waals surface area contributed by atoms with Crippen LogP contribution in [0.4, 0.5) is 0 Å². The van der Waals surface area contributed by atoms with Gasteiger partial charge in [0.1, 0.15) is 0 Å². The van der Waals surface area contributed by atoms with Crippen molar-refractivity contribution in [2.45, 2.75) is 0 Å². The van der Waals surface area contributed by atoms with E-state index in [2.05, 4.69) is 11.8 Å². The minimum atomic E-state index is -1.20. The van der Waals surface area contributed by atoms with E-state index in [0.29, 0.717) is 11.1 Å². The van der Waals surface area contributed by atoms with Gasteiger partial charge in [-0.3, -0.25) is 0 Å². The normalized spacial score (nSPS) is 8.00. The second kappa shape index (κ2) is 5.23. The molecule has 0 saturated heterocycles. The third-order valence-corrected chi connectivity index (χ3v) is 1.51. The summed E-state index contributed by atoms with van der Waals surface area (Å²) in [5.41, 5.74) is 1.06. The number of carbonyl (C=O) groups is 2. The van der Waals surface area contributed by atoms with Gasteiger partial charge in [-0.05, 0) is 24.3 Å². The summed E-state index contributed by atoms with van der Waals surface area (Å²) < 4.78 is 0. The van der Waals surface area contributed by atoms with Gasteiger partial charge in [0.15, 0.2) is 0 Å². The fourth-order valence-electron chi connectivity index (χ4n) is 0.888. The summed E-state index contributed by atoms with van der Waals surface area (Å²) in [4.78, 5) is 20.3. The molecule has 0 radical (unpaired) electrons. The van der Waals surface area contributed by atoms with E-state index in [1.807, 2.05) is 11.8 Å². The molecule has 0 atom stereocenters. The van der Waals surface area contributed by atoms with Crippen molar-refractivity contribution in [3.8, 4) is 23.7 Å². The van der Waals surface area contributed by atoms with Crippen LogP contribution in [0.3, 0.4) is 0 Å². The highest BCUT2D eigenvalue weighted by atomic mass is 16.4. The smallest absolute Gasteiger partial charge is 0.382 e. The first-order chi connectivity index (χ1) is 7.58. The third-order valence-electron chi connectivity index (χ3n) is 1.51. The molecular formula is C12H6O4. The molecule has 78 valence electrons. The van der Waals surface area contributed by atoms with E-state index in [9.17, 15) is 9.59 Å². The highest BCUT2D eigenvalue weighted by molar-refractivity contribution is 5.87. The Morgan fingerprint density at radius 2 is 1.12 bits per heavy atom. The summed E-state index contributed by atoms with van der Waals surface area (Å²) in [6.07, 6.45) is 0. The van der Waals surface area contributed by atoms with Crippen LogP contribution in [-0.2, 0) is 9.59 Å². The van der Waals surface area contributed by atoms with E-state index in [4.69, 9.17) is 10.2 Å². The van der Waals surface area contributed by atoms with Gasteiger partial charge < -0.3 is 10.2 Å². The number of aliphatic carboxylic acids is 2. The quantitative estimate of drug-likeness (QED) is 0.619. The van der Waals surface area contributed by atoms with E-state index < -0.39 is 11.9 Å². The van der Waals surface area contributed by atoms with Gasteiger partial charge in [0.05, 0.1) is 0 Å². The molecule has 0 spiro atoms. The van der Waals surface area contributed by atoms with Crippen molar-refractivity contribution in [1.82, 2.24) is 0 Å². The second-order valence-corrected chi connectivity index (χ2v) is 2.69. The van der Waals surface area contributed by atoms with Crippen LogP contribution < -0.4 is 0 Å². The van der Waals surface area contributed by atoms with Gasteiger partial charge in [-0.15, -0.1) is 0 Å². The zero-order valence-corrected chi connectivity index (χ0v) is 8.02. The molecule has 0 fully saturated rings. The van der Waals surface area contributed by atoms with Crippen LogP contribution in [0, 0.1) is 23.7 Å². The van der Waals surface area contributed by atoms with E-state index in [1.54, 1.807) is 24.3 Å². The van der Waals surface area contributed by atoms with Gasteiger partial charge in [-0.2, -0.15) is 0 Å². The number of carboxylic acids is 2. The standard InChI is InChI=1S/C12H6O4/c13-11(14)7-5-9-1-2-10(4-3-9)6-8-12(15)16/h1-4H,(H,13,14)(H,15,16). The maximum atomic E-state index is 10.2. The van der Waals surface area contributed by atoms with Crippen molar-refractivity contribution < 1.29 is 19.8 Å². The highest BCUT2D eigenvalue weighted by Crippen LogP contribution is 2.01. The number of carboxylic acid groups (broad SMARTS) is 2. The van der Waals surface area contributed by atoms with Crippen LogP contribution in [0.5, 0.6) is 0 Å². The van der Waals surface area contributed by atoms with Crippen molar-refractivity contribution in [2.75, 3.05) is 0 Å². The predicted molar refractivity (Wildman–Crippen MR) is 55.5 cm³/mol. The van der Waals surface area contributed by atoms with Gasteiger partial charge >= 0.3 is 11.9 Å². The van der Waals surface area contributed by atoms with Gasteiger partial charge in [0.25, 0.3) is 0 Å². The van der Waals surface area contributed by atoms with Crippen LogP contribution in [-0.4, -0.2) is 22.2 Å². The van der Waals surface area contributed by atoms with Crippen molar-refractivity contribution in [2.24, 2.45) is 0 Å². The van der Waals surface area contributed by atoms with Crippen molar-refractivity contribution in [3.05, 3.63) is 35.4 Å². The minimum absolute atomic E-state index is 0.531. The number of rotatable bonds is 0. The number of hydrogen-bond acceptors (Lipinski definition) is 2. The Morgan fingerprint density at radius 1 is 0.812 bits per heavy atom. The lowest BCUT2D eigenvalue weighted by molar-refractivity contribution is -0.131. The Morgan fingerprint density at radius 3 is 1.38 bits per heavy atom. The lowest BCUT2D eigenvalue weighted by Crippen LogP contribution is -1.88. The molecule has 16 heavy (non-hydrogen) atoms. The third kappa shape index (κ3) is 3.99. The Kier molecular flexibility index (Phi) is 3.71. The molecule has 1 aromatic carbocycles. The molecule has 2 N–H and O–H groups in total. The van der Waals surface area contributed by atoms with Crippen molar-refractivity contribution in [3.63, 3.8) is 0 Å². The molecule has 0 aliphatic heterocycles. The summed E-state index contributed by atoms with van der Waals surface area (Å²) in [6, 6.07) is 6.28. The van der Waals surface area contributed by atoms with E-state index >= 15 is 0 Å². The Bertz CT molecular complexity index is 481. The number of benzene rings is 1. The van der Waals surface area contributed by atoms with E-state index in [1.165, 1.54) is 0 Å². The molecule has 0 aromatic heterocycles. The SMILES string of the molecule is O=C(O)C#Cc1ccc(C#CC(=O)O)cc1. The molecule has 0 amide bonds. The van der Waals surface area contributed by atoms with Crippen LogP contribution >= 0.6 is 0 Å². The summed E-state index contributed by atoms with van der Waals surface area (Å²) in [5, 5.41) is 16.6. The minimum Gasteiger partial charge on any atom is -0.472 e. The lowest BCUT2D eigenvalue weighted by Gasteiger charge is -1.90. The van der Waals surface area contributed by atoms with Crippen LogP contribution in [0.2, 0.25) is 0 Å². The summed E-state index contributed by atoms with van der Waals surface area (Å²) in [6.45, 7) is 0. The van der Waals surface area contributed by atoms with Crippen molar-refractivity contribution in [1.29, 1.82) is 0 Å². The molecular weight excluding hydrogens is 208 g/mol. The lowest BCUT2D eigenvalue weighted by atomic mass is 10.1. The Labute approximate surface area is 91.5 Å². The first-order valence-electron chi connectivity index (χ1n) is 4.18. The fraction of sp³-hybridized carbons (Fsp3) is 0. The summed E-state index contributed by atoms with van der Waals surface area (Å²) in [5.74, 6) is 6.38. The second-order valence-electron chi connectivity index (χ2n) is 2.69. The largest absolute Gasteiger partial charge is 0.472 e. The molecule has 4 heteroatoms. The first-order valence-corrected chi connectivity index (χ1v) is 4.18. The maximum Gasteiger partial charge on any atom is 0.382 e. The number of hydrogen-bond donors (Lipinski definition) is 2. The molecule has 0 aliphatic carbocycles. The Hall–Kier alpha value is -2.72. The van der Waals surface area contributed by atoms with Crippen molar-refractivity contribution >= 4 is 11.9 Å².